The molecule has 0 bridgehead atoms. The van der Waals surface area contributed by atoms with Crippen LogP contribution in [0.25, 0.3) is 0 Å². The number of ether oxygens (including phenoxy) is 1. The van der Waals surface area contributed by atoms with Crippen LogP contribution in [0.4, 0.5) is 11.4 Å². The molecule has 0 fully saturated rings. The lowest BCUT2D eigenvalue weighted by molar-refractivity contribution is -0.119. The van der Waals surface area contributed by atoms with Gasteiger partial charge in [0.1, 0.15) is 0 Å². The van der Waals surface area contributed by atoms with Gasteiger partial charge in [0.25, 0.3) is 0 Å². The largest absolute Gasteiger partial charge is 0.397 e. The molecular formula is C13H20N2O2. The maximum absolute atomic E-state index is 12.0. The van der Waals surface area contributed by atoms with Gasteiger partial charge in [-0.05, 0) is 18.1 Å². The maximum Gasteiger partial charge on any atom is 0.227 e. The van der Waals surface area contributed by atoms with Crippen LogP contribution in [0.1, 0.15) is 13.3 Å². The number of nitrogens with zero attached hydrogens (tertiary/aromatic N) is 1. The number of nitrogens with two attached hydrogens (primary N) is 1. The fourth-order valence-electron chi connectivity index (χ4n) is 1.71. The highest BCUT2D eigenvalue weighted by Crippen LogP contribution is 2.22. The van der Waals surface area contributed by atoms with E-state index in [9.17, 15) is 4.79 Å². The fourth-order valence-corrected chi connectivity index (χ4v) is 1.71. The predicted octanol–water partition coefficient (Wildman–Crippen LogP) is 1.90. The SMILES string of the molecule is COCC(C)CC(=O)N(C)c1ccccc1N. The molecule has 2 N–H and O–H groups in total. The molecule has 0 saturated carbocycles. The van der Waals surface area contributed by atoms with Gasteiger partial charge in [0.15, 0.2) is 0 Å². The second kappa shape index (κ2) is 6.25. The number of methoxy groups -OCH3 is 1. The normalized spacial score (nSPS) is 12.2. The molecule has 1 amide bonds. The van der Waals surface area contributed by atoms with E-state index in [-0.39, 0.29) is 11.8 Å². The van der Waals surface area contributed by atoms with Crippen LogP contribution in [-0.4, -0.2) is 26.7 Å². The quantitative estimate of drug-likeness (QED) is 0.794. The van der Waals surface area contributed by atoms with Crippen LogP contribution >= 0.6 is 0 Å². The summed E-state index contributed by atoms with van der Waals surface area (Å²) in [6, 6.07) is 7.35. The van der Waals surface area contributed by atoms with Crippen LogP contribution in [0, 0.1) is 5.92 Å². The van der Waals surface area contributed by atoms with E-state index in [0.717, 1.165) is 5.69 Å². The molecule has 0 aromatic heterocycles. The van der Waals surface area contributed by atoms with E-state index >= 15 is 0 Å². The molecule has 1 rings (SSSR count). The van der Waals surface area contributed by atoms with E-state index in [1.807, 2.05) is 25.1 Å². The molecule has 0 aliphatic carbocycles. The van der Waals surface area contributed by atoms with Gasteiger partial charge in [0, 0.05) is 27.2 Å². The van der Waals surface area contributed by atoms with Gasteiger partial charge >= 0.3 is 0 Å². The summed E-state index contributed by atoms with van der Waals surface area (Å²) >= 11 is 0. The summed E-state index contributed by atoms with van der Waals surface area (Å²) in [7, 11) is 3.38. The molecule has 4 nitrogen and oxygen atoms in total. The van der Waals surface area contributed by atoms with Crippen molar-refractivity contribution in [2.45, 2.75) is 13.3 Å². The number of rotatable bonds is 5. The number of carbonyl (C=O) groups excluding carboxylic acids is 1. The lowest BCUT2D eigenvalue weighted by Crippen LogP contribution is -2.29. The van der Waals surface area contributed by atoms with Crippen molar-refractivity contribution in [2.75, 3.05) is 31.4 Å². The first kappa shape index (κ1) is 13.5. The van der Waals surface area contributed by atoms with Crippen molar-refractivity contribution in [1.29, 1.82) is 0 Å². The molecule has 1 unspecified atom stereocenters. The zero-order valence-corrected chi connectivity index (χ0v) is 10.6. The van der Waals surface area contributed by atoms with Gasteiger partial charge in [0.05, 0.1) is 11.4 Å². The highest BCUT2D eigenvalue weighted by molar-refractivity contribution is 5.95. The number of para-hydroxylation sites is 2. The first-order chi connectivity index (χ1) is 8.06. The number of hydrogen-bond donors (Lipinski definition) is 1. The van der Waals surface area contributed by atoms with Gasteiger partial charge in [-0.25, -0.2) is 0 Å². The average Bonchev–Trinajstić information content (AvgIpc) is 2.29. The van der Waals surface area contributed by atoms with Crippen LogP contribution in [-0.2, 0) is 9.53 Å². The molecule has 0 heterocycles. The minimum absolute atomic E-state index is 0.0486. The van der Waals surface area contributed by atoms with E-state index in [1.54, 1.807) is 25.1 Å². The molecule has 0 spiro atoms. The number of hydrogen-bond acceptors (Lipinski definition) is 3. The van der Waals surface area contributed by atoms with E-state index < -0.39 is 0 Å². The Morgan fingerprint density at radius 1 is 1.47 bits per heavy atom. The van der Waals surface area contributed by atoms with Gasteiger partial charge < -0.3 is 15.4 Å². The molecule has 0 saturated heterocycles. The van der Waals surface area contributed by atoms with Crippen molar-refractivity contribution < 1.29 is 9.53 Å². The molecule has 4 heteroatoms. The number of amides is 1. The van der Waals surface area contributed by atoms with E-state index in [4.69, 9.17) is 10.5 Å². The Hall–Kier alpha value is -1.55. The molecule has 1 aromatic rings. The summed E-state index contributed by atoms with van der Waals surface area (Å²) in [4.78, 5) is 13.6. The van der Waals surface area contributed by atoms with Crippen molar-refractivity contribution >= 4 is 17.3 Å². The van der Waals surface area contributed by atoms with Gasteiger partial charge in [-0.2, -0.15) is 0 Å². The molecule has 17 heavy (non-hydrogen) atoms. The Balaban J connectivity index is 2.67. The molecule has 0 aliphatic rings. The summed E-state index contributed by atoms with van der Waals surface area (Å²) in [5.41, 5.74) is 7.20. The third-order valence-electron chi connectivity index (χ3n) is 2.65. The third kappa shape index (κ3) is 3.75. The Morgan fingerprint density at radius 2 is 2.12 bits per heavy atom. The second-order valence-corrected chi connectivity index (χ2v) is 4.28. The van der Waals surface area contributed by atoms with Crippen molar-refractivity contribution in [1.82, 2.24) is 0 Å². The molecule has 1 atom stereocenters. The maximum atomic E-state index is 12.0. The lowest BCUT2D eigenvalue weighted by atomic mass is 10.1. The van der Waals surface area contributed by atoms with Crippen LogP contribution in [0.3, 0.4) is 0 Å². The topological polar surface area (TPSA) is 55.6 Å². The molecule has 94 valence electrons. The molecular weight excluding hydrogens is 216 g/mol. The summed E-state index contributed by atoms with van der Waals surface area (Å²) in [5.74, 6) is 0.257. The number of nitrogen functional groups attached to an aromatic ring is 1. The first-order valence-corrected chi connectivity index (χ1v) is 5.66. The van der Waals surface area contributed by atoms with E-state index in [0.29, 0.717) is 18.7 Å². The Kier molecular flexibility index (Phi) is 4.97. The molecule has 1 aromatic carbocycles. The average molecular weight is 236 g/mol. The molecule has 0 aliphatic heterocycles. The summed E-state index contributed by atoms with van der Waals surface area (Å²) in [6.07, 6.45) is 0.457. The van der Waals surface area contributed by atoms with Gasteiger partial charge in [-0.15, -0.1) is 0 Å². The number of anilines is 2. The smallest absolute Gasteiger partial charge is 0.227 e. The summed E-state index contributed by atoms with van der Waals surface area (Å²) in [6.45, 7) is 2.58. The van der Waals surface area contributed by atoms with Crippen molar-refractivity contribution in [3.63, 3.8) is 0 Å². The Bertz CT molecular complexity index is 379. The van der Waals surface area contributed by atoms with Crippen molar-refractivity contribution in [3.05, 3.63) is 24.3 Å². The first-order valence-electron chi connectivity index (χ1n) is 5.66. The van der Waals surface area contributed by atoms with Crippen LogP contribution in [0.5, 0.6) is 0 Å². The zero-order valence-electron chi connectivity index (χ0n) is 10.6. The van der Waals surface area contributed by atoms with Gasteiger partial charge in [-0.3, -0.25) is 4.79 Å². The Morgan fingerprint density at radius 3 is 2.71 bits per heavy atom. The number of benzene rings is 1. The van der Waals surface area contributed by atoms with Gasteiger partial charge in [-0.1, -0.05) is 19.1 Å². The Labute approximate surface area is 102 Å². The minimum atomic E-state index is 0.0486. The minimum Gasteiger partial charge on any atom is -0.397 e. The third-order valence-corrected chi connectivity index (χ3v) is 2.65. The van der Waals surface area contributed by atoms with Crippen LogP contribution in [0.2, 0.25) is 0 Å². The number of carbonyl (C=O) groups is 1. The van der Waals surface area contributed by atoms with Crippen molar-refractivity contribution in [3.8, 4) is 0 Å². The summed E-state index contributed by atoms with van der Waals surface area (Å²) < 4.78 is 5.02. The van der Waals surface area contributed by atoms with E-state index in [2.05, 4.69) is 0 Å². The molecule has 0 radical (unpaired) electrons. The highest BCUT2D eigenvalue weighted by Gasteiger charge is 2.16. The van der Waals surface area contributed by atoms with E-state index in [1.165, 1.54) is 0 Å². The highest BCUT2D eigenvalue weighted by atomic mass is 16.5. The van der Waals surface area contributed by atoms with Crippen LogP contribution in [0.15, 0.2) is 24.3 Å². The monoisotopic (exact) mass is 236 g/mol. The van der Waals surface area contributed by atoms with Crippen LogP contribution < -0.4 is 10.6 Å². The predicted molar refractivity (Wildman–Crippen MR) is 69.9 cm³/mol. The van der Waals surface area contributed by atoms with Gasteiger partial charge in [0.2, 0.25) is 5.91 Å². The second-order valence-electron chi connectivity index (χ2n) is 4.28. The summed E-state index contributed by atoms with van der Waals surface area (Å²) in [5, 5.41) is 0. The lowest BCUT2D eigenvalue weighted by Gasteiger charge is -2.20. The fraction of sp³-hybridized carbons (Fsp3) is 0.462. The standard InChI is InChI=1S/C13H20N2O2/c1-10(9-17-3)8-13(16)15(2)12-7-5-4-6-11(12)14/h4-7,10H,8-9,14H2,1-3H3. The zero-order chi connectivity index (χ0) is 12.8. The van der Waals surface area contributed by atoms with Crippen molar-refractivity contribution in [2.24, 2.45) is 5.92 Å².